The van der Waals surface area contributed by atoms with Gasteiger partial charge < -0.3 is 15.5 Å². The molecule has 0 radical (unpaired) electrons. The third kappa shape index (κ3) is 2.22. The number of guanidine groups is 1. The van der Waals surface area contributed by atoms with Crippen molar-refractivity contribution in [2.75, 3.05) is 31.6 Å². The Morgan fingerprint density at radius 3 is 2.82 bits per heavy atom. The lowest BCUT2D eigenvalue weighted by molar-refractivity contribution is -0.120. The second kappa shape index (κ2) is 4.44. The molecule has 92 valence electrons. The molecule has 1 fully saturated rings. The minimum Gasteiger partial charge on any atom is -0.370 e. The van der Waals surface area contributed by atoms with Crippen LogP contribution in [-0.4, -0.2) is 53.2 Å². The molecule has 0 saturated carbocycles. The van der Waals surface area contributed by atoms with Crippen LogP contribution in [0.5, 0.6) is 0 Å². The van der Waals surface area contributed by atoms with Gasteiger partial charge in [0, 0.05) is 33.4 Å². The first-order valence-corrected chi connectivity index (χ1v) is 5.38. The van der Waals surface area contributed by atoms with E-state index in [1.807, 2.05) is 13.2 Å². The Labute approximate surface area is 99.5 Å². The van der Waals surface area contributed by atoms with Crippen molar-refractivity contribution in [2.24, 2.45) is 17.8 Å². The summed E-state index contributed by atoms with van der Waals surface area (Å²) in [6.07, 6.45) is 3.51. The summed E-state index contributed by atoms with van der Waals surface area (Å²) in [6, 6.07) is 0. The van der Waals surface area contributed by atoms with E-state index in [1.54, 1.807) is 27.7 Å². The fourth-order valence-corrected chi connectivity index (χ4v) is 1.83. The number of aryl methyl sites for hydroxylation is 1. The number of carbonyl (C=O) groups excluding carboxylic acids is 1. The number of carbonyl (C=O) groups is 1. The summed E-state index contributed by atoms with van der Waals surface area (Å²) in [7, 11) is 3.44. The summed E-state index contributed by atoms with van der Waals surface area (Å²) < 4.78 is 1.68. The molecule has 0 bridgehead atoms. The summed E-state index contributed by atoms with van der Waals surface area (Å²) in [5.41, 5.74) is 6.51. The fraction of sp³-hybridized carbons (Fsp3) is 0.500. The number of anilines is 1. The van der Waals surface area contributed by atoms with E-state index < -0.39 is 0 Å². The fourth-order valence-electron chi connectivity index (χ4n) is 1.83. The van der Waals surface area contributed by atoms with Gasteiger partial charge in [-0.05, 0) is 0 Å². The molecule has 1 amide bonds. The van der Waals surface area contributed by atoms with E-state index in [0.29, 0.717) is 19.0 Å². The third-order valence-electron chi connectivity index (χ3n) is 2.78. The maximum Gasteiger partial charge on any atom is 0.246 e. The Bertz CT molecular complexity index is 451. The number of nitrogens with zero attached hydrogens (tertiary/aromatic N) is 5. The number of hydrogen-bond acceptors (Lipinski definition) is 3. The number of piperazine rings is 1. The quantitative estimate of drug-likeness (QED) is 0.501. The van der Waals surface area contributed by atoms with Gasteiger partial charge in [0.25, 0.3) is 0 Å². The van der Waals surface area contributed by atoms with E-state index in [4.69, 9.17) is 5.73 Å². The molecule has 17 heavy (non-hydrogen) atoms. The van der Waals surface area contributed by atoms with Crippen LogP contribution in [0.15, 0.2) is 17.4 Å². The van der Waals surface area contributed by atoms with E-state index in [-0.39, 0.29) is 12.5 Å². The molecule has 7 heteroatoms. The van der Waals surface area contributed by atoms with Gasteiger partial charge in [-0.25, -0.2) is 0 Å². The van der Waals surface area contributed by atoms with Crippen LogP contribution in [0, 0.1) is 0 Å². The highest BCUT2D eigenvalue weighted by Crippen LogP contribution is 2.15. The number of rotatable bonds is 1. The minimum atomic E-state index is 0.0100. The van der Waals surface area contributed by atoms with E-state index in [0.717, 1.165) is 5.69 Å². The zero-order valence-corrected chi connectivity index (χ0v) is 10.00. The second-order valence-corrected chi connectivity index (χ2v) is 3.92. The molecule has 1 saturated heterocycles. The van der Waals surface area contributed by atoms with Gasteiger partial charge in [-0.1, -0.05) is 0 Å². The monoisotopic (exact) mass is 236 g/mol. The highest BCUT2D eigenvalue weighted by atomic mass is 16.2. The van der Waals surface area contributed by atoms with Crippen LogP contribution < -0.4 is 10.6 Å². The van der Waals surface area contributed by atoms with E-state index in [9.17, 15) is 4.79 Å². The van der Waals surface area contributed by atoms with Crippen LogP contribution in [0.1, 0.15) is 0 Å². The standard InChI is InChI=1S/C10H16N6O/c1-12-10(11)15-3-4-16(9(17)7-15)8-5-13-14(2)6-8/h5-6H,3-4,7H2,1-2H3,(H2,11,12). The average molecular weight is 236 g/mol. The number of aliphatic imine (C=N–C) groups is 1. The van der Waals surface area contributed by atoms with E-state index in [1.165, 1.54) is 0 Å². The predicted molar refractivity (Wildman–Crippen MR) is 64.7 cm³/mol. The number of aromatic nitrogens is 2. The van der Waals surface area contributed by atoms with Crippen molar-refractivity contribution in [1.29, 1.82) is 0 Å². The number of hydrogen-bond donors (Lipinski definition) is 1. The lowest BCUT2D eigenvalue weighted by Gasteiger charge is -2.33. The molecular formula is C10H16N6O. The first-order chi connectivity index (χ1) is 8.11. The smallest absolute Gasteiger partial charge is 0.246 e. The van der Waals surface area contributed by atoms with Crippen LogP contribution in [0.2, 0.25) is 0 Å². The lowest BCUT2D eigenvalue weighted by atomic mass is 10.3. The van der Waals surface area contributed by atoms with Crippen molar-refractivity contribution in [3.05, 3.63) is 12.4 Å². The molecule has 7 nitrogen and oxygen atoms in total. The van der Waals surface area contributed by atoms with Gasteiger partial charge >= 0.3 is 0 Å². The van der Waals surface area contributed by atoms with Gasteiger partial charge in [0.05, 0.1) is 11.9 Å². The highest BCUT2D eigenvalue weighted by Gasteiger charge is 2.26. The van der Waals surface area contributed by atoms with Gasteiger partial charge in [-0.2, -0.15) is 5.10 Å². The Hall–Kier alpha value is -2.05. The number of nitrogens with two attached hydrogens (primary N) is 1. The van der Waals surface area contributed by atoms with Crippen molar-refractivity contribution in [3.63, 3.8) is 0 Å². The van der Waals surface area contributed by atoms with Crippen molar-refractivity contribution < 1.29 is 4.79 Å². The first-order valence-electron chi connectivity index (χ1n) is 5.38. The molecular weight excluding hydrogens is 220 g/mol. The molecule has 2 heterocycles. The van der Waals surface area contributed by atoms with E-state index >= 15 is 0 Å². The largest absolute Gasteiger partial charge is 0.370 e. The normalized spacial score (nSPS) is 17.8. The van der Waals surface area contributed by atoms with Gasteiger partial charge in [0.1, 0.15) is 6.54 Å². The molecule has 0 spiro atoms. The van der Waals surface area contributed by atoms with Crippen molar-refractivity contribution in [3.8, 4) is 0 Å². The maximum absolute atomic E-state index is 12.0. The van der Waals surface area contributed by atoms with E-state index in [2.05, 4.69) is 10.1 Å². The molecule has 1 aliphatic heterocycles. The molecule has 2 rings (SSSR count). The minimum absolute atomic E-state index is 0.0100. The molecule has 1 aliphatic rings. The summed E-state index contributed by atoms with van der Waals surface area (Å²) in [5, 5.41) is 4.06. The highest BCUT2D eigenvalue weighted by molar-refractivity contribution is 5.97. The molecule has 0 aliphatic carbocycles. The Morgan fingerprint density at radius 1 is 1.53 bits per heavy atom. The molecule has 0 unspecified atom stereocenters. The zero-order valence-electron chi connectivity index (χ0n) is 10.00. The SMILES string of the molecule is CN=C(N)N1CCN(c2cnn(C)c2)C(=O)C1. The topological polar surface area (TPSA) is 79.8 Å². The Balaban J connectivity index is 2.09. The van der Waals surface area contributed by atoms with Crippen molar-refractivity contribution in [1.82, 2.24) is 14.7 Å². The summed E-state index contributed by atoms with van der Waals surface area (Å²) in [5.74, 6) is 0.417. The van der Waals surface area contributed by atoms with Gasteiger partial charge in [-0.15, -0.1) is 0 Å². The molecule has 1 aromatic heterocycles. The Kier molecular flexibility index (Phi) is 2.99. The van der Waals surface area contributed by atoms with Crippen LogP contribution in [0.25, 0.3) is 0 Å². The van der Waals surface area contributed by atoms with Crippen molar-refractivity contribution in [2.45, 2.75) is 0 Å². The van der Waals surface area contributed by atoms with Gasteiger partial charge in [-0.3, -0.25) is 14.5 Å². The van der Waals surface area contributed by atoms with Crippen LogP contribution >= 0.6 is 0 Å². The number of amides is 1. The summed E-state index contributed by atoms with van der Waals surface area (Å²) in [6.45, 7) is 1.54. The zero-order chi connectivity index (χ0) is 12.4. The summed E-state index contributed by atoms with van der Waals surface area (Å²) >= 11 is 0. The maximum atomic E-state index is 12.0. The Morgan fingerprint density at radius 2 is 2.29 bits per heavy atom. The van der Waals surface area contributed by atoms with Gasteiger partial charge in [0.15, 0.2) is 5.96 Å². The van der Waals surface area contributed by atoms with Crippen molar-refractivity contribution >= 4 is 17.6 Å². The molecule has 1 aromatic rings. The van der Waals surface area contributed by atoms with Gasteiger partial charge in [0.2, 0.25) is 5.91 Å². The van der Waals surface area contributed by atoms with Crippen LogP contribution in [0.4, 0.5) is 5.69 Å². The predicted octanol–water partition coefficient (Wildman–Crippen LogP) is -0.987. The lowest BCUT2D eigenvalue weighted by Crippen LogP contribution is -2.54. The molecule has 0 atom stereocenters. The molecule has 0 aromatic carbocycles. The van der Waals surface area contributed by atoms with Crippen LogP contribution in [-0.2, 0) is 11.8 Å². The summed E-state index contributed by atoms with van der Waals surface area (Å²) in [4.78, 5) is 19.3. The second-order valence-electron chi connectivity index (χ2n) is 3.92. The average Bonchev–Trinajstić information content (AvgIpc) is 2.74. The van der Waals surface area contributed by atoms with Crippen LogP contribution in [0.3, 0.4) is 0 Å². The molecule has 2 N–H and O–H groups in total. The first kappa shape index (κ1) is 11.4. The third-order valence-corrected chi connectivity index (χ3v) is 2.78.